The highest BCUT2D eigenvalue weighted by atomic mass is 32.2. The maximum Gasteiger partial charge on any atom is 0.244 e. The van der Waals surface area contributed by atoms with Crippen LogP contribution in [0.25, 0.3) is 0 Å². The van der Waals surface area contributed by atoms with E-state index in [4.69, 9.17) is 20.3 Å². The first kappa shape index (κ1) is 17.7. The topological polar surface area (TPSA) is 111 Å². The average Bonchev–Trinajstić information content (AvgIpc) is 2.41. The molecule has 1 rings (SSSR count). The predicted octanol–water partition coefficient (Wildman–Crippen LogP) is 0.262. The number of nitrogens with one attached hydrogen (secondary N) is 1. The molecule has 21 heavy (non-hydrogen) atoms. The van der Waals surface area contributed by atoms with Crippen LogP contribution in [0.15, 0.2) is 17.0 Å². The van der Waals surface area contributed by atoms with Crippen LogP contribution in [0.5, 0.6) is 5.75 Å². The van der Waals surface area contributed by atoms with Gasteiger partial charge in [-0.2, -0.15) is 0 Å². The Hall–Kier alpha value is -1.35. The number of methoxy groups -OCH3 is 2. The molecule has 1 unspecified atom stereocenters. The molecule has 0 heterocycles. The van der Waals surface area contributed by atoms with Crippen molar-refractivity contribution in [3.8, 4) is 5.75 Å². The number of nitrogen functional groups attached to an aromatic ring is 1. The van der Waals surface area contributed by atoms with Gasteiger partial charge in [0.1, 0.15) is 10.6 Å². The molecule has 120 valence electrons. The van der Waals surface area contributed by atoms with Gasteiger partial charge in [-0.1, -0.05) is 0 Å². The fraction of sp³-hybridized carbons (Fsp3) is 0.538. The highest BCUT2D eigenvalue weighted by Gasteiger charge is 2.24. The minimum atomic E-state index is -3.83. The number of aliphatic hydroxyl groups excluding tert-OH is 1. The van der Waals surface area contributed by atoms with Crippen molar-refractivity contribution in [1.82, 2.24) is 4.72 Å². The molecular weight excluding hydrogens is 296 g/mol. The van der Waals surface area contributed by atoms with Crippen LogP contribution in [0.3, 0.4) is 0 Å². The number of aliphatic hydroxyl groups is 1. The summed E-state index contributed by atoms with van der Waals surface area (Å²) in [5, 5.41) is 8.98. The van der Waals surface area contributed by atoms with E-state index < -0.39 is 16.1 Å². The Bertz CT molecular complexity index is 568. The Labute approximate surface area is 125 Å². The summed E-state index contributed by atoms with van der Waals surface area (Å²) in [7, 11) is -0.977. The van der Waals surface area contributed by atoms with E-state index in [1.807, 2.05) is 0 Å². The third-order valence-electron chi connectivity index (χ3n) is 3.01. The van der Waals surface area contributed by atoms with Crippen molar-refractivity contribution in [1.29, 1.82) is 0 Å². The summed E-state index contributed by atoms with van der Waals surface area (Å²) in [5.41, 5.74) is 6.87. The summed E-state index contributed by atoms with van der Waals surface area (Å²) in [6.07, 6.45) is 0.247. The Morgan fingerprint density at radius 3 is 2.57 bits per heavy atom. The van der Waals surface area contributed by atoms with Crippen LogP contribution in [0.2, 0.25) is 0 Å². The van der Waals surface area contributed by atoms with E-state index in [2.05, 4.69) is 4.72 Å². The van der Waals surface area contributed by atoms with E-state index in [-0.39, 0.29) is 30.3 Å². The lowest BCUT2D eigenvalue weighted by atomic mass is 10.2. The van der Waals surface area contributed by atoms with Gasteiger partial charge in [0, 0.05) is 25.4 Å². The molecular formula is C13H22N2O5S. The quantitative estimate of drug-likeness (QED) is 0.593. The van der Waals surface area contributed by atoms with Crippen molar-refractivity contribution >= 4 is 15.7 Å². The molecule has 0 aliphatic rings. The second-order valence-corrected chi connectivity index (χ2v) is 6.33. The van der Waals surface area contributed by atoms with E-state index in [9.17, 15) is 8.42 Å². The Balaban J connectivity index is 3.14. The monoisotopic (exact) mass is 318 g/mol. The fourth-order valence-electron chi connectivity index (χ4n) is 1.86. The summed E-state index contributed by atoms with van der Waals surface area (Å²) in [6, 6.07) is 2.40. The van der Waals surface area contributed by atoms with Crippen molar-refractivity contribution in [2.45, 2.75) is 24.3 Å². The molecule has 0 spiro atoms. The molecule has 1 aromatic rings. The second kappa shape index (κ2) is 7.60. The van der Waals surface area contributed by atoms with Gasteiger partial charge < -0.3 is 20.3 Å². The summed E-state index contributed by atoms with van der Waals surface area (Å²) in [6.45, 7) is 1.77. The number of anilines is 1. The van der Waals surface area contributed by atoms with Crippen LogP contribution < -0.4 is 15.2 Å². The van der Waals surface area contributed by atoms with E-state index in [1.165, 1.54) is 20.3 Å². The number of nitrogens with two attached hydrogens (primary N) is 1. The lowest BCUT2D eigenvalue weighted by Gasteiger charge is -2.18. The molecule has 1 atom stereocenters. The average molecular weight is 318 g/mol. The molecule has 0 saturated heterocycles. The first-order chi connectivity index (χ1) is 9.85. The van der Waals surface area contributed by atoms with Gasteiger partial charge in [0.25, 0.3) is 0 Å². The third kappa shape index (κ3) is 4.57. The van der Waals surface area contributed by atoms with E-state index in [1.54, 1.807) is 13.0 Å². The van der Waals surface area contributed by atoms with Gasteiger partial charge in [0.15, 0.2) is 0 Å². The highest BCUT2D eigenvalue weighted by molar-refractivity contribution is 7.89. The number of hydrogen-bond acceptors (Lipinski definition) is 6. The number of benzene rings is 1. The van der Waals surface area contributed by atoms with E-state index in [0.29, 0.717) is 5.69 Å². The molecule has 8 heteroatoms. The minimum absolute atomic E-state index is 0.0351. The predicted molar refractivity (Wildman–Crippen MR) is 79.8 cm³/mol. The van der Waals surface area contributed by atoms with Crippen LogP contribution in [-0.4, -0.2) is 47.0 Å². The van der Waals surface area contributed by atoms with Crippen molar-refractivity contribution in [2.75, 3.05) is 33.2 Å². The van der Waals surface area contributed by atoms with Gasteiger partial charge in [0.05, 0.1) is 13.7 Å². The fourth-order valence-corrected chi connectivity index (χ4v) is 3.30. The summed E-state index contributed by atoms with van der Waals surface area (Å²) in [4.78, 5) is -0.0351. The lowest BCUT2D eigenvalue weighted by Crippen LogP contribution is -2.38. The molecule has 7 nitrogen and oxygen atoms in total. The maximum absolute atomic E-state index is 12.5. The van der Waals surface area contributed by atoms with Crippen LogP contribution in [-0.2, 0) is 14.8 Å². The number of hydrogen-bond donors (Lipinski definition) is 3. The standard InChI is InChI=1S/C13H22N2O5S/c1-9-6-12(20-3)13(7-11(9)14)21(17,18)15-10(4-5-16)8-19-2/h6-7,10,15-16H,4-5,8,14H2,1-3H3. The first-order valence-corrected chi connectivity index (χ1v) is 7.90. The smallest absolute Gasteiger partial charge is 0.244 e. The molecule has 0 radical (unpaired) electrons. The van der Waals surface area contributed by atoms with E-state index >= 15 is 0 Å². The zero-order valence-corrected chi connectivity index (χ0v) is 13.2. The molecule has 0 aliphatic heterocycles. The van der Waals surface area contributed by atoms with Gasteiger partial charge in [-0.15, -0.1) is 0 Å². The minimum Gasteiger partial charge on any atom is -0.495 e. The van der Waals surface area contributed by atoms with Gasteiger partial charge in [-0.3, -0.25) is 0 Å². The van der Waals surface area contributed by atoms with Crippen molar-refractivity contribution < 1.29 is 23.0 Å². The van der Waals surface area contributed by atoms with Gasteiger partial charge in [0.2, 0.25) is 10.0 Å². The number of rotatable bonds is 8. The van der Waals surface area contributed by atoms with Crippen molar-refractivity contribution in [3.05, 3.63) is 17.7 Å². The van der Waals surface area contributed by atoms with Gasteiger partial charge in [-0.05, 0) is 31.0 Å². The molecule has 0 fully saturated rings. The number of aryl methyl sites for hydroxylation is 1. The lowest BCUT2D eigenvalue weighted by molar-refractivity contribution is 0.158. The largest absolute Gasteiger partial charge is 0.495 e. The molecule has 0 aromatic heterocycles. The van der Waals surface area contributed by atoms with Gasteiger partial charge >= 0.3 is 0 Å². The normalized spacial score (nSPS) is 13.1. The molecule has 4 N–H and O–H groups in total. The SMILES string of the molecule is COCC(CCO)NS(=O)(=O)c1cc(N)c(C)cc1OC. The Morgan fingerprint density at radius 2 is 2.05 bits per heavy atom. The summed E-state index contributed by atoms with van der Waals surface area (Å²) >= 11 is 0. The molecule has 0 bridgehead atoms. The van der Waals surface area contributed by atoms with Crippen LogP contribution >= 0.6 is 0 Å². The molecule has 0 aliphatic carbocycles. The maximum atomic E-state index is 12.5. The third-order valence-corrected chi connectivity index (χ3v) is 4.55. The van der Waals surface area contributed by atoms with Crippen molar-refractivity contribution in [3.63, 3.8) is 0 Å². The highest BCUT2D eigenvalue weighted by Crippen LogP contribution is 2.29. The Morgan fingerprint density at radius 1 is 1.38 bits per heavy atom. The summed E-state index contributed by atoms with van der Waals surface area (Å²) < 4.78 is 37.4. The van der Waals surface area contributed by atoms with E-state index in [0.717, 1.165) is 5.56 Å². The van der Waals surface area contributed by atoms with Crippen molar-refractivity contribution in [2.24, 2.45) is 0 Å². The van der Waals surface area contributed by atoms with Crippen LogP contribution in [0, 0.1) is 6.92 Å². The Kier molecular flexibility index (Phi) is 6.41. The molecule has 0 amide bonds. The second-order valence-electron chi connectivity index (χ2n) is 4.65. The first-order valence-electron chi connectivity index (χ1n) is 6.42. The summed E-state index contributed by atoms with van der Waals surface area (Å²) in [5.74, 6) is 0.217. The number of ether oxygens (including phenoxy) is 2. The van der Waals surface area contributed by atoms with Crippen LogP contribution in [0.1, 0.15) is 12.0 Å². The zero-order chi connectivity index (χ0) is 16.0. The number of sulfonamides is 1. The van der Waals surface area contributed by atoms with Gasteiger partial charge in [-0.25, -0.2) is 13.1 Å². The van der Waals surface area contributed by atoms with Crippen LogP contribution in [0.4, 0.5) is 5.69 Å². The molecule has 1 aromatic carbocycles. The zero-order valence-electron chi connectivity index (χ0n) is 12.4. The molecule has 0 saturated carbocycles.